The van der Waals surface area contributed by atoms with Crippen molar-refractivity contribution in [3.8, 4) is 22.6 Å². The van der Waals surface area contributed by atoms with Gasteiger partial charge in [-0.15, -0.1) is 0 Å². The number of hydrogen-bond donors (Lipinski definition) is 0. The van der Waals surface area contributed by atoms with Crippen LogP contribution >= 0.6 is 0 Å². The summed E-state index contributed by atoms with van der Waals surface area (Å²) in [7, 11) is 0. The zero-order valence-electron chi connectivity index (χ0n) is 18.2. The molecule has 0 fully saturated rings. The molecule has 0 aromatic heterocycles. The molecule has 0 heterocycles. The van der Waals surface area contributed by atoms with Crippen molar-refractivity contribution in [3.63, 3.8) is 0 Å². The van der Waals surface area contributed by atoms with E-state index in [0.717, 1.165) is 22.3 Å². The van der Waals surface area contributed by atoms with Crippen LogP contribution in [0.1, 0.15) is 12.8 Å². The van der Waals surface area contributed by atoms with Gasteiger partial charge in [-0.25, -0.2) is 0 Å². The fraction of sp³-hybridized carbons (Fsp3) is 0.100. The fourth-order valence-electron chi connectivity index (χ4n) is 4.16. The van der Waals surface area contributed by atoms with Crippen molar-refractivity contribution in [1.82, 2.24) is 0 Å². The summed E-state index contributed by atoms with van der Waals surface area (Å²) in [5.74, 6) is 1.13. The van der Waals surface area contributed by atoms with E-state index in [0.29, 0.717) is 25.2 Å². The number of carbonyl (C=O) groups is 1. The number of rotatable bonds is 7. The molecule has 0 amide bonds. The van der Waals surface area contributed by atoms with Gasteiger partial charge in [0.25, 0.3) is 0 Å². The van der Waals surface area contributed by atoms with Gasteiger partial charge in [0.1, 0.15) is 11.5 Å². The lowest BCUT2D eigenvalue weighted by Crippen LogP contribution is -2.10. The van der Waals surface area contributed by atoms with Gasteiger partial charge >= 0.3 is 5.97 Å². The molecule has 3 nitrogen and oxygen atoms in total. The Bertz CT molecular complexity index is 1400. The average molecular weight is 433 g/mol. The summed E-state index contributed by atoms with van der Waals surface area (Å²) in [4.78, 5) is 12.2. The van der Waals surface area contributed by atoms with Gasteiger partial charge in [-0.2, -0.15) is 0 Å². The fourth-order valence-corrected chi connectivity index (χ4v) is 4.16. The zero-order chi connectivity index (χ0) is 22.5. The highest BCUT2D eigenvalue weighted by molar-refractivity contribution is 6.07. The number of carbonyl (C=O) groups excluding carboxylic acids is 1. The van der Waals surface area contributed by atoms with E-state index in [-0.39, 0.29) is 5.97 Å². The van der Waals surface area contributed by atoms with E-state index >= 15 is 0 Å². The van der Waals surface area contributed by atoms with Gasteiger partial charge < -0.3 is 9.47 Å². The number of para-hydroxylation sites is 1. The number of fused-ring (bicyclic) bond motifs is 2. The molecule has 0 saturated heterocycles. The molecule has 5 aromatic rings. The molecule has 0 saturated carbocycles. The predicted molar refractivity (Wildman–Crippen MR) is 134 cm³/mol. The first-order chi connectivity index (χ1) is 16.3. The SMILES string of the molecule is O=C(CCCOc1ccc2ccccc2c1-c1cccc2ccccc12)Oc1ccccc1. The molecule has 5 rings (SSSR count). The number of esters is 1. The lowest BCUT2D eigenvalue weighted by molar-refractivity contribution is -0.134. The van der Waals surface area contributed by atoms with Crippen molar-refractivity contribution in [1.29, 1.82) is 0 Å². The third-order valence-electron chi connectivity index (χ3n) is 5.71. The molecule has 0 atom stereocenters. The summed E-state index contributed by atoms with van der Waals surface area (Å²) in [6.07, 6.45) is 0.875. The lowest BCUT2D eigenvalue weighted by atomic mass is 9.93. The van der Waals surface area contributed by atoms with Crippen molar-refractivity contribution < 1.29 is 14.3 Å². The summed E-state index contributed by atoms with van der Waals surface area (Å²) in [6.45, 7) is 0.431. The van der Waals surface area contributed by atoms with Gasteiger partial charge in [-0.3, -0.25) is 4.79 Å². The Labute approximate surface area is 193 Å². The highest BCUT2D eigenvalue weighted by Crippen LogP contribution is 2.40. The van der Waals surface area contributed by atoms with Crippen LogP contribution in [0.15, 0.2) is 109 Å². The van der Waals surface area contributed by atoms with E-state index in [4.69, 9.17) is 9.47 Å². The molecule has 0 aliphatic rings. The second-order valence-electron chi connectivity index (χ2n) is 7.93. The maximum Gasteiger partial charge on any atom is 0.311 e. The first-order valence-electron chi connectivity index (χ1n) is 11.2. The minimum Gasteiger partial charge on any atom is -0.493 e. The van der Waals surface area contributed by atoms with Crippen molar-refractivity contribution in [3.05, 3.63) is 109 Å². The van der Waals surface area contributed by atoms with Crippen molar-refractivity contribution >= 4 is 27.5 Å². The summed E-state index contributed by atoms with van der Waals surface area (Å²) in [5, 5.41) is 4.69. The first-order valence-corrected chi connectivity index (χ1v) is 11.2. The zero-order valence-corrected chi connectivity index (χ0v) is 18.2. The Balaban J connectivity index is 1.39. The highest BCUT2D eigenvalue weighted by Gasteiger charge is 2.14. The Morgan fingerprint density at radius 3 is 2.12 bits per heavy atom. The van der Waals surface area contributed by atoms with Gasteiger partial charge in [0, 0.05) is 12.0 Å². The molecule has 0 N–H and O–H groups in total. The summed E-state index contributed by atoms with van der Waals surface area (Å²) < 4.78 is 11.6. The smallest absolute Gasteiger partial charge is 0.311 e. The van der Waals surface area contributed by atoms with E-state index in [2.05, 4.69) is 66.7 Å². The standard InChI is InChI=1S/C30H24O3/c31-29(33-24-13-2-1-3-14-24)18-9-21-32-28-20-19-23-11-5-7-16-26(23)30(28)27-17-8-12-22-10-4-6-15-25(22)27/h1-8,10-17,19-20H,9,18,21H2. The van der Waals surface area contributed by atoms with Crippen LogP contribution < -0.4 is 9.47 Å². The maximum atomic E-state index is 12.2. The van der Waals surface area contributed by atoms with E-state index < -0.39 is 0 Å². The van der Waals surface area contributed by atoms with Crippen LogP contribution in [0.5, 0.6) is 11.5 Å². The van der Waals surface area contributed by atoms with Crippen LogP contribution in [-0.2, 0) is 4.79 Å². The molecule has 0 spiro atoms. The minimum atomic E-state index is -0.252. The average Bonchev–Trinajstić information content (AvgIpc) is 2.87. The van der Waals surface area contributed by atoms with Gasteiger partial charge in [0.2, 0.25) is 0 Å². The molecule has 0 radical (unpaired) electrons. The largest absolute Gasteiger partial charge is 0.493 e. The van der Waals surface area contributed by atoms with Crippen LogP contribution in [0.2, 0.25) is 0 Å². The first kappa shape index (κ1) is 20.8. The molecular formula is C30H24O3. The topological polar surface area (TPSA) is 35.5 Å². The lowest BCUT2D eigenvalue weighted by Gasteiger charge is -2.16. The second-order valence-corrected chi connectivity index (χ2v) is 7.93. The van der Waals surface area contributed by atoms with Crippen molar-refractivity contribution in [2.45, 2.75) is 12.8 Å². The predicted octanol–water partition coefficient (Wildman–Crippen LogP) is 7.42. The van der Waals surface area contributed by atoms with Crippen molar-refractivity contribution in [2.24, 2.45) is 0 Å². The summed E-state index contributed by atoms with van der Waals surface area (Å²) in [5.41, 5.74) is 2.22. The van der Waals surface area contributed by atoms with Crippen LogP contribution in [0, 0.1) is 0 Å². The normalized spacial score (nSPS) is 10.9. The Kier molecular flexibility index (Phi) is 6.03. The van der Waals surface area contributed by atoms with E-state index in [9.17, 15) is 4.79 Å². The molecule has 0 bridgehead atoms. The van der Waals surface area contributed by atoms with Crippen LogP contribution in [-0.4, -0.2) is 12.6 Å². The number of ether oxygens (including phenoxy) is 2. The van der Waals surface area contributed by atoms with E-state index in [1.165, 1.54) is 16.2 Å². The van der Waals surface area contributed by atoms with E-state index in [1.807, 2.05) is 30.3 Å². The van der Waals surface area contributed by atoms with Gasteiger partial charge in [-0.05, 0) is 51.7 Å². The molecule has 162 valence electrons. The maximum absolute atomic E-state index is 12.2. The molecule has 3 heteroatoms. The molecule has 33 heavy (non-hydrogen) atoms. The molecule has 0 aliphatic heterocycles. The third-order valence-corrected chi connectivity index (χ3v) is 5.71. The number of hydrogen-bond acceptors (Lipinski definition) is 3. The number of benzene rings is 5. The van der Waals surface area contributed by atoms with Gasteiger partial charge in [0.15, 0.2) is 0 Å². The Hall–Kier alpha value is -4.11. The van der Waals surface area contributed by atoms with Crippen LogP contribution in [0.4, 0.5) is 0 Å². The van der Waals surface area contributed by atoms with Gasteiger partial charge in [-0.1, -0.05) is 91.0 Å². The van der Waals surface area contributed by atoms with E-state index in [1.54, 1.807) is 12.1 Å². The Morgan fingerprint density at radius 1 is 0.636 bits per heavy atom. The quantitative estimate of drug-likeness (QED) is 0.152. The monoisotopic (exact) mass is 432 g/mol. The Morgan fingerprint density at radius 2 is 1.30 bits per heavy atom. The minimum absolute atomic E-state index is 0.252. The van der Waals surface area contributed by atoms with Crippen molar-refractivity contribution in [2.75, 3.05) is 6.61 Å². The summed E-state index contributed by atoms with van der Waals surface area (Å²) in [6, 6.07) is 36.4. The van der Waals surface area contributed by atoms with Crippen LogP contribution in [0.3, 0.4) is 0 Å². The molecule has 5 aromatic carbocycles. The summed E-state index contributed by atoms with van der Waals surface area (Å²) >= 11 is 0. The van der Waals surface area contributed by atoms with Crippen LogP contribution in [0.25, 0.3) is 32.7 Å². The molecule has 0 aliphatic carbocycles. The molecular weight excluding hydrogens is 408 g/mol. The molecule has 0 unspecified atom stereocenters. The van der Waals surface area contributed by atoms with Gasteiger partial charge in [0.05, 0.1) is 6.61 Å². The highest BCUT2D eigenvalue weighted by atomic mass is 16.5. The second kappa shape index (κ2) is 9.58. The third kappa shape index (κ3) is 4.58.